The predicted molar refractivity (Wildman–Crippen MR) is 86.4 cm³/mol. The van der Waals surface area contributed by atoms with E-state index in [1.807, 2.05) is 0 Å². The molecule has 0 fully saturated rings. The Morgan fingerprint density at radius 3 is 1.63 bits per heavy atom. The van der Waals surface area contributed by atoms with Gasteiger partial charge in [-0.05, 0) is 34.6 Å². The first kappa shape index (κ1) is 19.0. The Labute approximate surface area is 122 Å². The number of ether oxygens (including phenoxy) is 2. The third-order valence-corrected chi connectivity index (χ3v) is 2.66. The molecular formula is C15H32B2O2. The topological polar surface area (TPSA) is 18.5 Å². The highest BCUT2D eigenvalue weighted by Crippen LogP contribution is 2.19. The highest BCUT2D eigenvalue weighted by molar-refractivity contribution is 6.41. The summed E-state index contributed by atoms with van der Waals surface area (Å²) in [4.78, 5) is 0. The maximum absolute atomic E-state index is 6.05. The van der Waals surface area contributed by atoms with Crippen LogP contribution in [0, 0.1) is 0 Å². The van der Waals surface area contributed by atoms with E-state index >= 15 is 0 Å². The van der Waals surface area contributed by atoms with Crippen molar-refractivity contribution in [1.29, 1.82) is 0 Å². The number of hydrogen-bond acceptors (Lipinski definition) is 2. The summed E-state index contributed by atoms with van der Waals surface area (Å²) in [5.74, 6) is 1.05. The largest absolute Gasteiger partial charge is 0.382 e. The lowest BCUT2D eigenvalue weighted by Gasteiger charge is -2.33. The van der Waals surface area contributed by atoms with E-state index in [4.69, 9.17) is 9.47 Å². The molecular weight excluding hydrogens is 234 g/mol. The summed E-state index contributed by atoms with van der Waals surface area (Å²) in [5.41, 5.74) is -0.402. The summed E-state index contributed by atoms with van der Waals surface area (Å²) in [6.45, 7) is 19.8. The maximum atomic E-state index is 6.05. The second-order valence-corrected chi connectivity index (χ2v) is 7.27. The van der Waals surface area contributed by atoms with Crippen molar-refractivity contribution in [3.05, 3.63) is 0 Å². The molecule has 0 aliphatic carbocycles. The van der Waals surface area contributed by atoms with Crippen molar-refractivity contribution in [2.45, 2.75) is 91.1 Å². The Morgan fingerprint density at radius 1 is 0.789 bits per heavy atom. The van der Waals surface area contributed by atoms with E-state index in [9.17, 15) is 0 Å². The average molecular weight is 266 g/mol. The Morgan fingerprint density at radius 2 is 1.21 bits per heavy atom. The van der Waals surface area contributed by atoms with Crippen molar-refractivity contribution < 1.29 is 9.47 Å². The van der Waals surface area contributed by atoms with Gasteiger partial charge in [0.2, 0.25) is 0 Å². The minimum Gasteiger partial charge on any atom is -0.382 e. The number of hydrogen-bond donors (Lipinski definition) is 0. The van der Waals surface area contributed by atoms with Gasteiger partial charge in [-0.2, -0.15) is 0 Å². The molecule has 1 unspecified atom stereocenters. The van der Waals surface area contributed by atoms with Crippen LogP contribution < -0.4 is 0 Å². The van der Waals surface area contributed by atoms with Crippen LogP contribution in [-0.4, -0.2) is 38.3 Å². The molecule has 4 heteroatoms. The van der Waals surface area contributed by atoms with Crippen molar-refractivity contribution >= 4 is 14.6 Å². The molecule has 110 valence electrons. The fourth-order valence-electron chi connectivity index (χ4n) is 2.58. The highest BCUT2D eigenvalue weighted by atomic mass is 16.6. The second kappa shape index (κ2) is 7.73. The van der Waals surface area contributed by atoms with E-state index in [1.165, 1.54) is 0 Å². The summed E-state index contributed by atoms with van der Waals surface area (Å²) >= 11 is 0. The Hall–Kier alpha value is 0.0499. The van der Waals surface area contributed by atoms with Crippen LogP contribution in [0.1, 0.15) is 62.3 Å². The van der Waals surface area contributed by atoms with E-state index in [0.29, 0.717) is 18.2 Å². The van der Waals surface area contributed by atoms with Gasteiger partial charge in [-0.15, -0.1) is 0 Å². The quantitative estimate of drug-likeness (QED) is 0.588. The molecule has 0 aliphatic heterocycles. The molecule has 2 radical (unpaired) electrons. The maximum Gasteiger partial charge on any atom is 0.156 e. The predicted octanol–water partition coefficient (Wildman–Crippen LogP) is 3.95. The van der Waals surface area contributed by atoms with E-state index in [0.717, 1.165) is 0 Å². The van der Waals surface area contributed by atoms with Gasteiger partial charge in [-0.1, -0.05) is 39.3 Å². The summed E-state index contributed by atoms with van der Waals surface area (Å²) in [6.07, 6.45) is 0.0878. The van der Waals surface area contributed by atoms with Crippen LogP contribution in [0.25, 0.3) is 0 Å². The fraction of sp³-hybridized carbons (Fsp3) is 1.00. The van der Waals surface area contributed by atoms with Gasteiger partial charge < -0.3 is 9.47 Å². The molecule has 0 aliphatic rings. The fourth-order valence-corrected chi connectivity index (χ4v) is 2.58. The first-order valence-electron chi connectivity index (χ1n) is 7.47. The van der Waals surface area contributed by atoms with Gasteiger partial charge in [0, 0.05) is 11.0 Å². The molecule has 0 spiro atoms. The first-order valence-corrected chi connectivity index (χ1v) is 7.47. The lowest BCUT2D eigenvalue weighted by Crippen LogP contribution is -2.41. The van der Waals surface area contributed by atoms with Crippen LogP contribution in [0.3, 0.4) is 0 Å². The zero-order valence-electron chi connectivity index (χ0n) is 14.4. The van der Waals surface area contributed by atoms with Crippen molar-refractivity contribution in [2.24, 2.45) is 0 Å². The van der Waals surface area contributed by atoms with Crippen molar-refractivity contribution in [2.75, 3.05) is 6.61 Å². The van der Waals surface area contributed by atoms with E-state index in [1.54, 1.807) is 0 Å². The van der Waals surface area contributed by atoms with Gasteiger partial charge >= 0.3 is 0 Å². The van der Waals surface area contributed by atoms with Gasteiger partial charge in [0.25, 0.3) is 0 Å². The summed E-state index contributed by atoms with van der Waals surface area (Å²) in [5, 5.41) is 0. The molecule has 0 heterocycles. The van der Waals surface area contributed by atoms with Gasteiger partial charge in [-0.3, -0.25) is 0 Å². The molecule has 0 aromatic rings. The first-order chi connectivity index (χ1) is 8.43. The van der Waals surface area contributed by atoms with Crippen molar-refractivity contribution in [3.8, 4) is 0 Å². The molecule has 19 heavy (non-hydrogen) atoms. The molecule has 0 rings (SSSR count). The zero-order chi connectivity index (χ0) is 15.3. The Balaban J connectivity index is 4.14. The Bertz CT molecular complexity index is 251. The summed E-state index contributed by atoms with van der Waals surface area (Å²) in [6, 6.07) is 0. The average Bonchev–Trinajstić information content (AvgIpc) is 2.09. The third-order valence-electron chi connectivity index (χ3n) is 2.66. The van der Waals surface area contributed by atoms with Gasteiger partial charge in [0.05, 0.1) is 12.7 Å². The standard InChI is InChI=1S/C15H32B2O2/c1-11(2)16-14(6,7)18-10-13(5)19-15(8,9)17-12(3)4/h11-13H,10H2,1-9H3. The lowest BCUT2D eigenvalue weighted by atomic mass is 9.54. The lowest BCUT2D eigenvalue weighted by molar-refractivity contribution is -0.0778. The molecule has 2 nitrogen and oxygen atoms in total. The van der Waals surface area contributed by atoms with Crippen LogP contribution in [0.5, 0.6) is 0 Å². The zero-order valence-corrected chi connectivity index (χ0v) is 14.4. The summed E-state index contributed by atoms with van der Waals surface area (Å²) in [7, 11) is 4.46. The second-order valence-electron chi connectivity index (χ2n) is 7.27. The smallest absolute Gasteiger partial charge is 0.156 e. The molecule has 0 aromatic heterocycles. The summed E-state index contributed by atoms with van der Waals surface area (Å²) < 4.78 is 12.0. The van der Waals surface area contributed by atoms with Gasteiger partial charge in [0.1, 0.15) is 0 Å². The minimum atomic E-state index is -0.206. The van der Waals surface area contributed by atoms with Gasteiger partial charge in [-0.25, -0.2) is 0 Å². The van der Waals surface area contributed by atoms with Crippen LogP contribution >= 0.6 is 0 Å². The van der Waals surface area contributed by atoms with Crippen LogP contribution in [0.2, 0.25) is 11.6 Å². The van der Waals surface area contributed by atoms with Gasteiger partial charge in [0.15, 0.2) is 14.6 Å². The highest BCUT2D eigenvalue weighted by Gasteiger charge is 2.26. The molecule has 0 aromatic carbocycles. The van der Waals surface area contributed by atoms with Crippen LogP contribution in [-0.2, 0) is 9.47 Å². The van der Waals surface area contributed by atoms with Crippen molar-refractivity contribution in [3.63, 3.8) is 0 Å². The van der Waals surface area contributed by atoms with Crippen molar-refractivity contribution in [1.82, 2.24) is 0 Å². The van der Waals surface area contributed by atoms with E-state index < -0.39 is 0 Å². The minimum absolute atomic E-state index is 0.0878. The SMILES string of the molecule is CC(C)[B]C(C)(C)OCC(C)OC(C)(C)[B]C(C)C. The molecule has 0 amide bonds. The molecule has 0 N–H and O–H groups in total. The van der Waals surface area contributed by atoms with E-state index in [-0.39, 0.29) is 17.1 Å². The monoisotopic (exact) mass is 266 g/mol. The normalized spacial score (nSPS) is 14.9. The van der Waals surface area contributed by atoms with E-state index in [2.05, 4.69) is 76.9 Å². The van der Waals surface area contributed by atoms with Crippen LogP contribution in [0.15, 0.2) is 0 Å². The number of rotatable bonds is 9. The molecule has 1 atom stereocenters. The molecule has 0 bridgehead atoms. The molecule has 0 saturated carbocycles. The Kier molecular flexibility index (Phi) is 7.75. The third kappa shape index (κ3) is 10.5. The van der Waals surface area contributed by atoms with Crippen LogP contribution in [0.4, 0.5) is 0 Å². The molecule has 0 saturated heterocycles.